The van der Waals surface area contributed by atoms with Crippen molar-refractivity contribution in [2.24, 2.45) is 0 Å². The lowest BCUT2D eigenvalue weighted by molar-refractivity contribution is -0.183. The number of anilines is 1. The van der Waals surface area contributed by atoms with Crippen LogP contribution in [0.1, 0.15) is 19.4 Å². The summed E-state index contributed by atoms with van der Waals surface area (Å²) < 4.78 is 5.57. The van der Waals surface area contributed by atoms with E-state index in [1.165, 1.54) is 6.92 Å². The quantitative estimate of drug-likeness (QED) is 0.942. The van der Waals surface area contributed by atoms with Gasteiger partial charge in [0.25, 0.3) is 5.91 Å². The number of rotatable bonds is 3. The lowest BCUT2D eigenvalue weighted by Gasteiger charge is -2.53. The number of carbonyl (C=O) groups is 2. The summed E-state index contributed by atoms with van der Waals surface area (Å²) in [4.78, 5) is 26.3. The van der Waals surface area contributed by atoms with Gasteiger partial charge < -0.3 is 9.84 Å². The number of hydrogen-bond acceptors (Lipinski definition) is 3. The van der Waals surface area contributed by atoms with Crippen molar-refractivity contribution >= 4 is 17.6 Å². The molecule has 1 N–H and O–H groups in total. The second-order valence-electron chi connectivity index (χ2n) is 6.13. The molecular formula is C19H19NO4. The Balaban J connectivity index is 2.28. The zero-order valence-electron chi connectivity index (χ0n) is 13.6. The highest BCUT2D eigenvalue weighted by Crippen LogP contribution is 2.46. The van der Waals surface area contributed by atoms with Crippen LogP contribution in [-0.2, 0) is 19.9 Å². The molecule has 1 saturated heterocycles. The largest absolute Gasteiger partial charge is 0.479 e. The van der Waals surface area contributed by atoms with Crippen molar-refractivity contribution in [1.29, 1.82) is 0 Å². The number of morpholine rings is 1. The van der Waals surface area contributed by atoms with Gasteiger partial charge in [-0.1, -0.05) is 48.5 Å². The van der Waals surface area contributed by atoms with Crippen LogP contribution in [0.15, 0.2) is 60.7 Å². The maximum atomic E-state index is 12.7. The summed E-state index contributed by atoms with van der Waals surface area (Å²) in [6.45, 7) is 2.98. The normalized spacial score (nSPS) is 27.1. The van der Waals surface area contributed by atoms with E-state index in [1.807, 2.05) is 48.5 Å². The monoisotopic (exact) mass is 325 g/mol. The zero-order chi connectivity index (χ0) is 17.4. The third-order valence-corrected chi connectivity index (χ3v) is 4.87. The van der Waals surface area contributed by atoms with Crippen LogP contribution in [-0.4, -0.2) is 29.2 Å². The van der Waals surface area contributed by atoms with Gasteiger partial charge in [-0.15, -0.1) is 0 Å². The third-order valence-electron chi connectivity index (χ3n) is 4.87. The minimum absolute atomic E-state index is 0.272. The van der Waals surface area contributed by atoms with E-state index in [0.717, 1.165) is 0 Å². The number of nitrogens with zero attached hydrogens (tertiary/aromatic N) is 1. The predicted octanol–water partition coefficient (Wildman–Crippen LogP) is 2.81. The molecule has 2 atom stereocenters. The molecule has 2 aromatic carbocycles. The molecule has 0 radical (unpaired) electrons. The van der Waals surface area contributed by atoms with E-state index >= 15 is 0 Å². The molecule has 1 aliphatic rings. The van der Waals surface area contributed by atoms with Gasteiger partial charge in [0.1, 0.15) is 12.1 Å². The Morgan fingerprint density at radius 1 is 1.04 bits per heavy atom. The lowest BCUT2D eigenvalue weighted by atomic mass is 9.73. The molecular weight excluding hydrogens is 306 g/mol. The second kappa shape index (κ2) is 5.76. The third kappa shape index (κ3) is 2.20. The van der Waals surface area contributed by atoms with Gasteiger partial charge in [-0.25, -0.2) is 4.79 Å². The van der Waals surface area contributed by atoms with Crippen LogP contribution >= 0.6 is 0 Å². The van der Waals surface area contributed by atoms with Crippen LogP contribution in [0.3, 0.4) is 0 Å². The molecule has 0 bridgehead atoms. The molecule has 2 aromatic rings. The topological polar surface area (TPSA) is 66.8 Å². The van der Waals surface area contributed by atoms with Crippen LogP contribution < -0.4 is 4.90 Å². The Bertz CT molecular complexity index is 761. The summed E-state index contributed by atoms with van der Waals surface area (Å²) in [7, 11) is 0. The fourth-order valence-electron chi connectivity index (χ4n) is 3.29. The van der Waals surface area contributed by atoms with Crippen molar-refractivity contribution < 1.29 is 19.4 Å². The van der Waals surface area contributed by atoms with E-state index < -0.39 is 17.1 Å². The first-order valence-electron chi connectivity index (χ1n) is 7.72. The molecule has 0 saturated carbocycles. The number of aliphatic carboxylic acids is 1. The maximum absolute atomic E-state index is 12.7. The summed E-state index contributed by atoms with van der Waals surface area (Å²) in [6.07, 6.45) is 0. The smallest absolute Gasteiger partial charge is 0.338 e. The van der Waals surface area contributed by atoms with E-state index in [-0.39, 0.29) is 12.5 Å². The van der Waals surface area contributed by atoms with E-state index in [2.05, 4.69) is 0 Å². The van der Waals surface area contributed by atoms with Crippen LogP contribution in [0, 0.1) is 0 Å². The van der Waals surface area contributed by atoms with Gasteiger partial charge in [0.2, 0.25) is 0 Å². The number of benzene rings is 2. The minimum Gasteiger partial charge on any atom is -0.479 e. The summed E-state index contributed by atoms with van der Waals surface area (Å²) in [6, 6.07) is 18.2. The first-order chi connectivity index (χ1) is 11.4. The average Bonchev–Trinajstić information content (AvgIpc) is 2.60. The van der Waals surface area contributed by atoms with Crippen LogP contribution in [0.25, 0.3) is 0 Å². The van der Waals surface area contributed by atoms with Crippen LogP contribution in [0.5, 0.6) is 0 Å². The van der Waals surface area contributed by atoms with Crippen molar-refractivity contribution in [2.45, 2.75) is 25.0 Å². The number of carboxylic acid groups (broad SMARTS) is 1. The molecule has 1 heterocycles. The Morgan fingerprint density at radius 2 is 1.58 bits per heavy atom. The molecule has 0 aromatic heterocycles. The summed E-state index contributed by atoms with van der Waals surface area (Å²) in [5, 5.41) is 9.88. The summed E-state index contributed by atoms with van der Waals surface area (Å²) in [5.74, 6) is -1.38. The highest BCUT2D eigenvalue weighted by Gasteiger charge is 2.61. The Hall–Kier alpha value is -2.66. The number of para-hydroxylation sites is 1. The van der Waals surface area contributed by atoms with Gasteiger partial charge in [-0.3, -0.25) is 9.69 Å². The SMILES string of the molecule is C[C@@]1(C(=O)O)OCC(=O)N(c2ccccc2)[C@@]1(C)c1ccccc1. The van der Waals surface area contributed by atoms with Crippen molar-refractivity contribution in [2.75, 3.05) is 11.5 Å². The van der Waals surface area contributed by atoms with E-state index in [1.54, 1.807) is 24.0 Å². The molecule has 5 heteroatoms. The van der Waals surface area contributed by atoms with Gasteiger partial charge in [-0.05, 0) is 31.5 Å². The number of carbonyl (C=O) groups excluding carboxylic acids is 1. The first kappa shape index (κ1) is 16.2. The van der Waals surface area contributed by atoms with E-state index in [0.29, 0.717) is 11.3 Å². The standard InChI is InChI=1S/C19H19NO4/c1-18(14-9-5-3-6-10-14)19(2,17(22)23)24-13-16(21)20(18)15-11-7-4-8-12-15/h3-12H,13H2,1-2H3,(H,22,23)/t18-,19-/m0/s1. The first-order valence-corrected chi connectivity index (χ1v) is 7.72. The fourth-order valence-corrected chi connectivity index (χ4v) is 3.29. The zero-order valence-corrected chi connectivity index (χ0v) is 13.6. The molecule has 1 aliphatic heterocycles. The minimum atomic E-state index is -1.59. The van der Waals surface area contributed by atoms with Gasteiger partial charge in [0, 0.05) is 5.69 Å². The highest BCUT2D eigenvalue weighted by molar-refractivity contribution is 5.99. The maximum Gasteiger partial charge on any atom is 0.338 e. The number of amides is 1. The van der Waals surface area contributed by atoms with Crippen molar-refractivity contribution in [1.82, 2.24) is 0 Å². The molecule has 24 heavy (non-hydrogen) atoms. The highest BCUT2D eigenvalue weighted by atomic mass is 16.5. The molecule has 124 valence electrons. The molecule has 0 spiro atoms. The number of carboxylic acids is 1. The van der Waals surface area contributed by atoms with Crippen molar-refractivity contribution in [3.05, 3.63) is 66.2 Å². The molecule has 5 nitrogen and oxygen atoms in total. The summed E-state index contributed by atoms with van der Waals surface area (Å²) >= 11 is 0. The van der Waals surface area contributed by atoms with E-state index in [4.69, 9.17) is 4.74 Å². The van der Waals surface area contributed by atoms with Crippen molar-refractivity contribution in [3.8, 4) is 0 Å². The lowest BCUT2D eigenvalue weighted by Crippen LogP contribution is -2.70. The van der Waals surface area contributed by atoms with Gasteiger partial charge >= 0.3 is 5.97 Å². The second-order valence-corrected chi connectivity index (χ2v) is 6.13. The summed E-state index contributed by atoms with van der Waals surface area (Å²) in [5.41, 5.74) is -1.44. The predicted molar refractivity (Wildman–Crippen MR) is 89.7 cm³/mol. The molecule has 0 aliphatic carbocycles. The average molecular weight is 325 g/mol. The Labute approximate surface area is 140 Å². The fraction of sp³-hybridized carbons (Fsp3) is 0.263. The molecule has 1 amide bonds. The molecule has 3 rings (SSSR count). The van der Waals surface area contributed by atoms with Gasteiger partial charge in [-0.2, -0.15) is 0 Å². The van der Waals surface area contributed by atoms with Gasteiger partial charge in [0.05, 0.1) is 0 Å². The van der Waals surface area contributed by atoms with Gasteiger partial charge in [0.15, 0.2) is 5.60 Å². The Morgan fingerprint density at radius 3 is 2.12 bits per heavy atom. The Kier molecular flexibility index (Phi) is 3.89. The van der Waals surface area contributed by atoms with Crippen LogP contribution in [0.2, 0.25) is 0 Å². The van der Waals surface area contributed by atoms with Crippen molar-refractivity contribution in [3.63, 3.8) is 0 Å². The molecule has 0 unspecified atom stereocenters. The number of ether oxygens (including phenoxy) is 1. The number of hydrogen-bond donors (Lipinski definition) is 1. The molecule has 1 fully saturated rings. The van der Waals surface area contributed by atoms with Crippen LogP contribution in [0.4, 0.5) is 5.69 Å². The van der Waals surface area contributed by atoms with E-state index in [9.17, 15) is 14.7 Å².